The van der Waals surface area contributed by atoms with Gasteiger partial charge in [-0.15, -0.1) is 0 Å². The quantitative estimate of drug-likeness (QED) is 0.198. The number of carbonyl (C=O) groups excluding carboxylic acids is 2. The minimum atomic E-state index is -0.379. The van der Waals surface area contributed by atoms with Crippen molar-refractivity contribution >= 4 is 40.8 Å². The smallest absolute Gasteiger partial charge is 0.233 e. The van der Waals surface area contributed by atoms with Gasteiger partial charge in [0, 0.05) is 49.1 Å². The number of amides is 2. The first kappa shape index (κ1) is 29.4. The number of nitrogens with one attached hydrogen (secondary N) is 3. The molecule has 0 radical (unpaired) electrons. The SMILES string of the molecule is C=C(Nc1ccc(NC(=O)CC(=O)NCC(C)(C)C)cc1)c1c(N=CC)cc(OCCOC)cc1OC. The highest BCUT2D eigenvalue weighted by atomic mass is 16.5. The molecule has 0 saturated heterocycles. The Hall–Kier alpha value is -3.85. The van der Waals surface area contributed by atoms with E-state index in [1.165, 1.54) is 0 Å². The molecule has 9 heteroatoms. The molecule has 2 aromatic rings. The molecule has 0 spiro atoms. The largest absolute Gasteiger partial charge is 0.496 e. The number of anilines is 2. The van der Waals surface area contributed by atoms with Gasteiger partial charge in [0.1, 0.15) is 24.5 Å². The van der Waals surface area contributed by atoms with Crippen LogP contribution in [0.15, 0.2) is 48.0 Å². The van der Waals surface area contributed by atoms with Crippen LogP contribution in [0.25, 0.3) is 5.70 Å². The van der Waals surface area contributed by atoms with Gasteiger partial charge in [-0.1, -0.05) is 27.4 Å². The molecule has 37 heavy (non-hydrogen) atoms. The summed E-state index contributed by atoms with van der Waals surface area (Å²) in [4.78, 5) is 28.7. The van der Waals surface area contributed by atoms with Crippen LogP contribution in [0.4, 0.5) is 17.1 Å². The van der Waals surface area contributed by atoms with Gasteiger partial charge in [0.05, 0.1) is 25.0 Å². The van der Waals surface area contributed by atoms with Gasteiger partial charge in [-0.2, -0.15) is 0 Å². The molecule has 0 aliphatic rings. The van der Waals surface area contributed by atoms with Gasteiger partial charge in [0.25, 0.3) is 0 Å². The number of aliphatic imine (C=N–C) groups is 1. The molecule has 2 aromatic carbocycles. The highest BCUT2D eigenvalue weighted by Crippen LogP contribution is 2.39. The molecular weight excluding hydrogens is 472 g/mol. The van der Waals surface area contributed by atoms with Gasteiger partial charge in [-0.3, -0.25) is 14.6 Å². The second-order valence-corrected chi connectivity index (χ2v) is 9.49. The minimum Gasteiger partial charge on any atom is -0.496 e. The fraction of sp³-hybridized carbons (Fsp3) is 0.393. The zero-order chi connectivity index (χ0) is 27.4. The van der Waals surface area contributed by atoms with Gasteiger partial charge >= 0.3 is 0 Å². The fourth-order valence-corrected chi connectivity index (χ4v) is 3.26. The van der Waals surface area contributed by atoms with Crippen molar-refractivity contribution in [2.75, 3.05) is 44.6 Å². The normalized spacial score (nSPS) is 11.2. The van der Waals surface area contributed by atoms with E-state index in [1.54, 1.807) is 50.8 Å². The van der Waals surface area contributed by atoms with Gasteiger partial charge in [-0.25, -0.2) is 0 Å². The number of nitrogens with zero attached hydrogens (tertiary/aromatic N) is 1. The van der Waals surface area contributed by atoms with Crippen LogP contribution in [0.5, 0.6) is 11.5 Å². The second-order valence-electron chi connectivity index (χ2n) is 9.49. The molecular formula is C28H38N4O5. The van der Waals surface area contributed by atoms with Crippen LogP contribution >= 0.6 is 0 Å². The summed E-state index contributed by atoms with van der Waals surface area (Å²) in [5, 5.41) is 8.77. The van der Waals surface area contributed by atoms with E-state index < -0.39 is 0 Å². The van der Waals surface area contributed by atoms with Crippen LogP contribution in [0.2, 0.25) is 0 Å². The van der Waals surface area contributed by atoms with Crippen LogP contribution < -0.4 is 25.4 Å². The standard InChI is InChI=1S/C28H38N4O5/c1-8-29-23-15-22(37-14-13-35-6)16-24(36-7)27(23)19(2)31-20-9-11-21(12-10-20)32-26(34)17-25(33)30-18-28(3,4)5/h8-12,15-16,31H,2,13-14,17-18H2,1,3-7H3,(H,30,33)(H,32,34). The van der Waals surface area contributed by atoms with E-state index in [4.69, 9.17) is 14.2 Å². The number of hydrogen-bond donors (Lipinski definition) is 3. The molecule has 0 aliphatic carbocycles. The van der Waals surface area contributed by atoms with Crippen molar-refractivity contribution in [3.05, 3.63) is 48.5 Å². The van der Waals surface area contributed by atoms with Crippen molar-refractivity contribution in [2.45, 2.75) is 34.1 Å². The van der Waals surface area contributed by atoms with E-state index in [1.807, 2.05) is 33.8 Å². The van der Waals surface area contributed by atoms with E-state index in [9.17, 15) is 9.59 Å². The Morgan fingerprint density at radius 3 is 2.22 bits per heavy atom. The number of hydrogen-bond acceptors (Lipinski definition) is 7. The van der Waals surface area contributed by atoms with Crippen molar-refractivity contribution in [3.8, 4) is 11.5 Å². The van der Waals surface area contributed by atoms with Crippen LogP contribution in [-0.2, 0) is 14.3 Å². The molecule has 0 heterocycles. The maximum atomic E-state index is 12.2. The summed E-state index contributed by atoms with van der Waals surface area (Å²) in [6, 6.07) is 10.7. The van der Waals surface area contributed by atoms with Gasteiger partial charge < -0.3 is 30.2 Å². The Balaban J connectivity index is 2.07. The van der Waals surface area contributed by atoms with E-state index in [-0.39, 0.29) is 23.7 Å². The van der Waals surface area contributed by atoms with E-state index >= 15 is 0 Å². The maximum absolute atomic E-state index is 12.2. The zero-order valence-electron chi connectivity index (χ0n) is 22.6. The first-order valence-corrected chi connectivity index (χ1v) is 12.0. The number of ether oxygens (including phenoxy) is 3. The fourth-order valence-electron chi connectivity index (χ4n) is 3.26. The van der Waals surface area contributed by atoms with Crippen LogP contribution in [0.1, 0.15) is 39.7 Å². The lowest BCUT2D eigenvalue weighted by Crippen LogP contribution is -2.34. The van der Waals surface area contributed by atoms with E-state index in [2.05, 4.69) is 27.5 Å². The van der Waals surface area contributed by atoms with Crippen molar-refractivity contribution in [1.29, 1.82) is 0 Å². The second kappa shape index (κ2) is 14.0. The summed E-state index contributed by atoms with van der Waals surface area (Å²) in [7, 11) is 3.19. The molecule has 2 amide bonds. The molecule has 0 fully saturated rings. The lowest BCUT2D eigenvalue weighted by Gasteiger charge is -2.18. The number of benzene rings is 2. The van der Waals surface area contributed by atoms with Crippen LogP contribution in [0.3, 0.4) is 0 Å². The highest BCUT2D eigenvalue weighted by molar-refractivity contribution is 6.03. The van der Waals surface area contributed by atoms with Crippen LogP contribution in [-0.4, -0.2) is 52.0 Å². The first-order chi connectivity index (χ1) is 17.6. The molecule has 200 valence electrons. The average molecular weight is 511 g/mol. The third kappa shape index (κ3) is 9.97. The first-order valence-electron chi connectivity index (χ1n) is 12.0. The molecule has 3 N–H and O–H groups in total. The third-order valence-electron chi connectivity index (χ3n) is 5.00. The third-order valence-corrected chi connectivity index (χ3v) is 5.00. The van der Waals surface area contributed by atoms with Gasteiger partial charge in [0.2, 0.25) is 11.8 Å². The van der Waals surface area contributed by atoms with Crippen molar-refractivity contribution in [2.24, 2.45) is 10.4 Å². The summed E-state index contributed by atoms with van der Waals surface area (Å²) in [6.45, 7) is 13.4. The monoisotopic (exact) mass is 510 g/mol. The molecule has 9 nitrogen and oxygen atoms in total. The summed E-state index contributed by atoms with van der Waals surface area (Å²) in [6.07, 6.45) is 1.45. The minimum absolute atomic E-state index is 0.0491. The zero-order valence-corrected chi connectivity index (χ0v) is 22.6. The molecule has 0 aliphatic heterocycles. The maximum Gasteiger partial charge on any atom is 0.233 e. The lowest BCUT2D eigenvalue weighted by molar-refractivity contribution is -0.127. The van der Waals surface area contributed by atoms with E-state index in [0.29, 0.717) is 53.9 Å². The Labute approximate surface area is 219 Å². The number of rotatable bonds is 13. The molecule has 0 unspecified atom stereocenters. The Morgan fingerprint density at radius 1 is 1.00 bits per heavy atom. The van der Waals surface area contributed by atoms with Crippen LogP contribution in [0, 0.1) is 5.41 Å². The van der Waals surface area contributed by atoms with Gasteiger partial charge in [-0.05, 0) is 36.6 Å². The Morgan fingerprint density at radius 2 is 1.65 bits per heavy atom. The lowest BCUT2D eigenvalue weighted by atomic mass is 9.97. The Kier molecular flexibility index (Phi) is 11.1. The topological polar surface area (TPSA) is 110 Å². The molecule has 0 aromatic heterocycles. The predicted octanol–water partition coefficient (Wildman–Crippen LogP) is 5.02. The molecule has 0 bridgehead atoms. The summed E-state index contributed by atoms with van der Waals surface area (Å²) < 4.78 is 16.4. The van der Waals surface area contributed by atoms with E-state index in [0.717, 1.165) is 5.69 Å². The Bertz CT molecular complexity index is 1100. The molecule has 0 saturated carbocycles. The highest BCUT2D eigenvalue weighted by Gasteiger charge is 2.17. The van der Waals surface area contributed by atoms with Crippen molar-refractivity contribution in [3.63, 3.8) is 0 Å². The molecule has 0 atom stereocenters. The van der Waals surface area contributed by atoms with Crippen molar-refractivity contribution < 1.29 is 23.8 Å². The number of carbonyl (C=O) groups is 2. The van der Waals surface area contributed by atoms with Crippen molar-refractivity contribution in [1.82, 2.24) is 5.32 Å². The number of methoxy groups -OCH3 is 2. The average Bonchev–Trinajstić information content (AvgIpc) is 2.83. The van der Waals surface area contributed by atoms with Gasteiger partial charge in [0.15, 0.2) is 0 Å². The summed E-state index contributed by atoms with van der Waals surface area (Å²) in [5.74, 6) is 0.479. The summed E-state index contributed by atoms with van der Waals surface area (Å²) in [5.41, 5.74) is 3.19. The summed E-state index contributed by atoms with van der Waals surface area (Å²) >= 11 is 0. The predicted molar refractivity (Wildman–Crippen MR) is 149 cm³/mol. The molecule has 2 rings (SSSR count).